The standard InChI is InChI=1S/C32H35N5O6S/c38-29-20-30(35-15-17-36(18-16-35)31(39)19-23-5-2-1-3-6-23)37(32(40)34-29)22-24-9-11-26(12-10-24)43-44(41,42)28-8-4-7-25-21-33-14-13-27(25)28/h4,7-14,20-21,23H,1-3,5-6,15-19,22H2,(H,34,38,40). The third-order valence-corrected chi connectivity index (χ3v) is 9.84. The molecule has 1 amide bonds. The predicted octanol–water partition coefficient (Wildman–Crippen LogP) is 3.52. The molecule has 0 radical (unpaired) electrons. The van der Waals surface area contributed by atoms with Gasteiger partial charge in [-0.15, -0.1) is 0 Å². The minimum absolute atomic E-state index is 0.0432. The van der Waals surface area contributed by atoms with Gasteiger partial charge in [-0.3, -0.25) is 24.1 Å². The summed E-state index contributed by atoms with van der Waals surface area (Å²) in [6.07, 6.45) is 9.61. The summed E-state index contributed by atoms with van der Waals surface area (Å²) in [5, 5.41) is 1.20. The summed E-state index contributed by atoms with van der Waals surface area (Å²) in [5.41, 5.74) is -0.324. The molecular weight excluding hydrogens is 582 g/mol. The Bertz CT molecular complexity index is 1870. The first-order valence-electron chi connectivity index (χ1n) is 15.0. The largest absolute Gasteiger partial charge is 0.379 e. The van der Waals surface area contributed by atoms with Crippen LogP contribution in [0.15, 0.2) is 81.5 Å². The number of carbonyl (C=O) groups is 1. The van der Waals surface area contributed by atoms with E-state index in [9.17, 15) is 22.8 Å². The van der Waals surface area contributed by atoms with Crippen molar-refractivity contribution in [2.45, 2.75) is 50.0 Å². The van der Waals surface area contributed by atoms with Crippen molar-refractivity contribution in [2.75, 3.05) is 31.1 Å². The molecule has 1 saturated heterocycles. The van der Waals surface area contributed by atoms with E-state index < -0.39 is 21.4 Å². The molecule has 2 aromatic carbocycles. The van der Waals surface area contributed by atoms with Gasteiger partial charge in [-0.05, 0) is 48.6 Å². The Labute approximate surface area is 255 Å². The smallest absolute Gasteiger partial charge is 0.339 e. The van der Waals surface area contributed by atoms with E-state index in [-0.39, 0.29) is 23.1 Å². The van der Waals surface area contributed by atoms with Crippen LogP contribution in [0.3, 0.4) is 0 Å². The summed E-state index contributed by atoms with van der Waals surface area (Å²) < 4.78 is 33.1. The average Bonchev–Trinajstić information content (AvgIpc) is 3.03. The van der Waals surface area contributed by atoms with Crippen molar-refractivity contribution < 1.29 is 17.4 Å². The van der Waals surface area contributed by atoms with Crippen LogP contribution in [-0.2, 0) is 21.5 Å². The van der Waals surface area contributed by atoms with E-state index in [4.69, 9.17) is 4.18 Å². The number of anilines is 1. The van der Waals surface area contributed by atoms with Gasteiger partial charge in [0.1, 0.15) is 16.5 Å². The molecule has 0 spiro atoms. The van der Waals surface area contributed by atoms with Crippen LogP contribution in [0.25, 0.3) is 10.8 Å². The van der Waals surface area contributed by atoms with Gasteiger partial charge in [-0.1, -0.05) is 43.5 Å². The normalized spacial score (nSPS) is 16.3. The molecule has 0 atom stereocenters. The Hall–Kier alpha value is -4.45. The summed E-state index contributed by atoms with van der Waals surface area (Å²) in [5.74, 6) is 1.26. The van der Waals surface area contributed by atoms with Gasteiger partial charge in [0, 0.05) is 61.8 Å². The van der Waals surface area contributed by atoms with Crippen molar-refractivity contribution in [1.82, 2.24) is 19.4 Å². The van der Waals surface area contributed by atoms with Gasteiger partial charge in [0.15, 0.2) is 0 Å². The molecule has 3 heterocycles. The lowest BCUT2D eigenvalue weighted by atomic mass is 9.86. The molecule has 1 N–H and O–H groups in total. The summed E-state index contributed by atoms with van der Waals surface area (Å²) in [6, 6.07) is 14.4. The van der Waals surface area contributed by atoms with E-state index in [2.05, 4.69) is 9.97 Å². The van der Waals surface area contributed by atoms with Crippen molar-refractivity contribution in [3.8, 4) is 5.75 Å². The first-order valence-corrected chi connectivity index (χ1v) is 16.4. The highest BCUT2D eigenvalue weighted by molar-refractivity contribution is 7.87. The maximum atomic E-state index is 13.1. The number of aromatic amines is 1. The van der Waals surface area contributed by atoms with E-state index in [0.717, 1.165) is 12.8 Å². The van der Waals surface area contributed by atoms with Gasteiger partial charge >= 0.3 is 15.8 Å². The van der Waals surface area contributed by atoms with E-state index in [1.54, 1.807) is 36.5 Å². The zero-order valence-corrected chi connectivity index (χ0v) is 25.2. The molecule has 230 valence electrons. The summed E-state index contributed by atoms with van der Waals surface area (Å²) in [7, 11) is -4.12. The number of nitrogens with zero attached hydrogens (tertiary/aromatic N) is 4. The topological polar surface area (TPSA) is 135 Å². The zero-order valence-electron chi connectivity index (χ0n) is 24.4. The van der Waals surface area contributed by atoms with Gasteiger partial charge in [-0.2, -0.15) is 8.42 Å². The lowest BCUT2D eigenvalue weighted by Gasteiger charge is -2.37. The molecule has 1 aliphatic carbocycles. The van der Waals surface area contributed by atoms with E-state index in [0.29, 0.717) is 60.7 Å². The molecule has 2 aliphatic rings. The highest BCUT2D eigenvalue weighted by atomic mass is 32.2. The number of nitrogens with one attached hydrogen (secondary N) is 1. The Kier molecular flexibility index (Phi) is 8.51. The molecule has 6 rings (SSSR count). The number of H-pyrrole nitrogens is 1. The Morgan fingerprint density at radius 3 is 2.45 bits per heavy atom. The van der Waals surface area contributed by atoms with Crippen LogP contribution in [0.2, 0.25) is 0 Å². The molecule has 2 aromatic heterocycles. The highest BCUT2D eigenvalue weighted by Gasteiger charge is 2.26. The second kappa shape index (κ2) is 12.7. The fraction of sp³-hybridized carbons (Fsp3) is 0.375. The van der Waals surface area contributed by atoms with Gasteiger partial charge in [0.2, 0.25) is 5.91 Å². The lowest BCUT2D eigenvalue weighted by molar-refractivity contribution is -0.132. The maximum absolute atomic E-state index is 13.1. The molecule has 11 nitrogen and oxygen atoms in total. The van der Waals surface area contributed by atoms with Gasteiger partial charge in [0.05, 0.1) is 6.54 Å². The van der Waals surface area contributed by atoms with Crippen molar-refractivity contribution in [3.63, 3.8) is 0 Å². The molecule has 4 aromatic rings. The fourth-order valence-corrected chi connectivity index (χ4v) is 7.35. The van der Waals surface area contributed by atoms with Gasteiger partial charge < -0.3 is 14.0 Å². The minimum atomic E-state index is -4.12. The van der Waals surface area contributed by atoms with Crippen LogP contribution in [-0.4, -0.2) is 59.9 Å². The number of hydrogen-bond acceptors (Lipinski definition) is 8. The van der Waals surface area contributed by atoms with E-state index in [1.165, 1.54) is 54.3 Å². The maximum Gasteiger partial charge on any atom is 0.339 e. The molecular formula is C32H35N5O6S. The van der Waals surface area contributed by atoms with Crippen LogP contribution in [0, 0.1) is 5.92 Å². The first-order chi connectivity index (χ1) is 21.3. The quantitative estimate of drug-likeness (QED) is 0.297. The van der Waals surface area contributed by atoms with Crippen LogP contribution in [0.5, 0.6) is 5.75 Å². The zero-order chi connectivity index (χ0) is 30.7. The fourth-order valence-electron chi connectivity index (χ4n) is 6.19. The third-order valence-electron chi connectivity index (χ3n) is 8.54. The number of aromatic nitrogens is 3. The number of hydrogen-bond donors (Lipinski definition) is 1. The number of piperazine rings is 1. The molecule has 2 fully saturated rings. The predicted molar refractivity (Wildman–Crippen MR) is 166 cm³/mol. The summed E-state index contributed by atoms with van der Waals surface area (Å²) >= 11 is 0. The molecule has 44 heavy (non-hydrogen) atoms. The Morgan fingerprint density at radius 2 is 1.70 bits per heavy atom. The minimum Gasteiger partial charge on any atom is -0.379 e. The van der Waals surface area contributed by atoms with Gasteiger partial charge in [0.25, 0.3) is 5.56 Å². The van der Waals surface area contributed by atoms with Crippen molar-refractivity contribution in [3.05, 3.63) is 93.4 Å². The van der Waals surface area contributed by atoms with Gasteiger partial charge in [-0.25, -0.2) is 4.79 Å². The number of rotatable bonds is 8. The molecule has 0 bridgehead atoms. The Balaban J connectivity index is 1.14. The van der Waals surface area contributed by atoms with Crippen LogP contribution in [0.4, 0.5) is 5.82 Å². The second-order valence-electron chi connectivity index (χ2n) is 11.5. The average molecular weight is 618 g/mol. The monoisotopic (exact) mass is 617 g/mol. The molecule has 12 heteroatoms. The van der Waals surface area contributed by atoms with Crippen molar-refractivity contribution in [1.29, 1.82) is 0 Å². The molecule has 1 aliphatic heterocycles. The van der Waals surface area contributed by atoms with Crippen molar-refractivity contribution in [2.24, 2.45) is 5.92 Å². The number of pyridine rings is 1. The number of benzene rings is 2. The number of carbonyl (C=O) groups excluding carboxylic acids is 1. The Morgan fingerprint density at radius 1 is 0.955 bits per heavy atom. The van der Waals surface area contributed by atoms with Crippen molar-refractivity contribution >= 4 is 32.6 Å². The summed E-state index contributed by atoms with van der Waals surface area (Å²) in [4.78, 5) is 48.4. The first kappa shape index (κ1) is 29.6. The number of amides is 1. The van der Waals surface area contributed by atoms with Crippen LogP contribution >= 0.6 is 0 Å². The number of fused-ring (bicyclic) bond motifs is 1. The molecule has 0 unspecified atom stereocenters. The summed E-state index contributed by atoms with van der Waals surface area (Å²) in [6.45, 7) is 2.22. The second-order valence-corrected chi connectivity index (χ2v) is 13.0. The third kappa shape index (κ3) is 6.54. The van der Waals surface area contributed by atoms with E-state index in [1.807, 2.05) is 9.80 Å². The van der Waals surface area contributed by atoms with Crippen LogP contribution in [0.1, 0.15) is 44.1 Å². The highest BCUT2D eigenvalue weighted by Crippen LogP contribution is 2.28. The lowest BCUT2D eigenvalue weighted by Crippen LogP contribution is -2.50. The molecule has 1 saturated carbocycles. The van der Waals surface area contributed by atoms with E-state index >= 15 is 0 Å². The SMILES string of the molecule is O=C(CC1CCCCC1)N1CCN(c2cc(=O)[nH]c(=O)n2Cc2ccc(OS(=O)(=O)c3cccc4cnccc34)cc2)CC1. The van der Waals surface area contributed by atoms with Crippen LogP contribution < -0.4 is 20.3 Å².